The highest BCUT2D eigenvalue weighted by molar-refractivity contribution is 5.78. The normalized spacial score (nSPS) is 23.8. The summed E-state index contributed by atoms with van der Waals surface area (Å²) in [6.45, 7) is 10.7. The molecule has 3 unspecified atom stereocenters. The third kappa shape index (κ3) is 7.58. The van der Waals surface area contributed by atoms with Crippen LogP contribution in [0, 0.1) is 11.3 Å². The average molecular weight is 369 g/mol. The summed E-state index contributed by atoms with van der Waals surface area (Å²) in [5.41, 5.74) is -0.664. The van der Waals surface area contributed by atoms with Crippen LogP contribution in [-0.2, 0) is 9.53 Å². The molecular weight excluding hydrogens is 324 g/mol. The standard InChI is InChI=1S/C23H44O3/c1-6-8-10-12-14-16-22(4,17-15-13-11-9-7-2)26-19(3)20-18-23(20,5)21(24)25/h19-20H,6-18H2,1-5H3,(H,24,25). The van der Waals surface area contributed by atoms with E-state index in [-0.39, 0.29) is 17.6 Å². The van der Waals surface area contributed by atoms with Gasteiger partial charge in [-0.05, 0) is 40.0 Å². The minimum absolute atomic E-state index is 0.0346. The van der Waals surface area contributed by atoms with E-state index in [0.717, 1.165) is 19.3 Å². The summed E-state index contributed by atoms with van der Waals surface area (Å²) in [6.07, 6.45) is 15.8. The number of carboxylic acids is 1. The summed E-state index contributed by atoms with van der Waals surface area (Å²) in [7, 11) is 0. The monoisotopic (exact) mass is 368 g/mol. The number of aliphatic carboxylic acids is 1. The van der Waals surface area contributed by atoms with Gasteiger partial charge >= 0.3 is 5.97 Å². The van der Waals surface area contributed by atoms with Gasteiger partial charge in [0, 0.05) is 5.92 Å². The highest BCUT2D eigenvalue weighted by atomic mass is 16.5. The van der Waals surface area contributed by atoms with Crippen LogP contribution in [0.25, 0.3) is 0 Å². The Hall–Kier alpha value is -0.570. The van der Waals surface area contributed by atoms with E-state index in [1.54, 1.807) is 0 Å². The number of carboxylic acid groups (broad SMARTS) is 1. The molecule has 1 aliphatic carbocycles. The summed E-state index contributed by atoms with van der Waals surface area (Å²) < 4.78 is 6.56. The van der Waals surface area contributed by atoms with Crippen molar-refractivity contribution < 1.29 is 14.6 Å². The van der Waals surface area contributed by atoms with Crippen LogP contribution in [0.3, 0.4) is 0 Å². The maximum absolute atomic E-state index is 11.5. The molecule has 0 radical (unpaired) electrons. The smallest absolute Gasteiger partial charge is 0.309 e. The van der Waals surface area contributed by atoms with Crippen LogP contribution in [-0.4, -0.2) is 22.8 Å². The van der Waals surface area contributed by atoms with Gasteiger partial charge in [0.05, 0.1) is 17.1 Å². The van der Waals surface area contributed by atoms with Crippen molar-refractivity contribution in [1.29, 1.82) is 0 Å². The van der Waals surface area contributed by atoms with E-state index in [9.17, 15) is 9.90 Å². The molecule has 3 atom stereocenters. The van der Waals surface area contributed by atoms with Crippen molar-refractivity contribution in [2.24, 2.45) is 11.3 Å². The number of unbranched alkanes of at least 4 members (excludes halogenated alkanes) is 8. The molecule has 0 aliphatic heterocycles. The van der Waals surface area contributed by atoms with Crippen molar-refractivity contribution in [1.82, 2.24) is 0 Å². The van der Waals surface area contributed by atoms with Crippen LogP contribution in [0.1, 0.15) is 118 Å². The molecule has 0 aromatic carbocycles. The molecule has 0 aromatic rings. The van der Waals surface area contributed by atoms with Crippen molar-refractivity contribution >= 4 is 5.97 Å². The predicted octanol–water partition coefficient (Wildman–Crippen LogP) is 6.98. The van der Waals surface area contributed by atoms with E-state index in [1.165, 1.54) is 64.2 Å². The van der Waals surface area contributed by atoms with Gasteiger partial charge in [-0.1, -0.05) is 78.1 Å². The Morgan fingerprint density at radius 3 is 1.88 bits per heavy atom. The summed E-state index contributed by atoms with van der Waals surface area (Å²) in [4.78, 5) is 11.5. The van der Waals surface area contributed by atoms with Crippen LogP contribution in [0.5, 0.6) is 0 Å². The van der Waals surface area contributed by atoms with E-state index >= 15 is 0 Å². The van der Waals surface area contributed by atoms with Crippen molar-refractivity contribution in [3.05, 3.63) is 0 Å². The predicted molar refractivity (Wildman–Crippen MR) is 110 cm³/mol. The average Bonchev–Trinajstić information content (AvgIpc) is 3.28. The summed E-state index contributed by atoms with van der Waals surface area (Å²) in [6, 6.07) is 0. The van der Waals surface area contributed by atoms with E-state index in [0.29, 0.717) is 0 Å². The minimum Gasteiger partial charge on any atom is -0.481 e. The summed E-state index contributed by atoms with van der Waals surface area (Å²) in [5, 5.41) is 9.42. The van der Waals surface area contributed by atoms with Crippen LogP contribution >= 0.6 is 0 Å². The number of hydrogen-bond donors (Lipinski definition) is 1. The number of ether oxygens (including phenoxy) is 1. The lowest BCUT2D eigenvalue weighted by Crippen LogP contribution is -2.35. The fourth-order valence-corrected chi connectivity index (χ4v) is 4.31. The molecule has 1 saturated carbocycles. The first kappa shape index (κ1) is 23.5. The lowest BCUT2D eigenvalue weighted by Gasteiger charge is -2.34. The Morgan fingerprint density at radius 1 is 1.04 bits per heavy atom. The van der Waals surface area contributed by atoms with Gasteiger partial charge in [-0.15, -0.1) is 0 Å². The highest BCUT2D eigenvalue weighted by Crippen LogP contribution is 2.55. The maximum atomic E-state index is 11.5. The third-order valence-electron chi connectivity index (χ3n) is 6.45. The largest absolute Gasteiger partial charge is 0.481 e. The van der Waals surface area contributed by atoms with Crippen LogP contribution < -0.4 is 0 Å². The second kappa shape index (κ2) is 11.3. The Balaban J connectivity index is 2.51. The molecule has 0 aromatic heterocycles. The zero-order valence-corrected chi connectivity index (χ0v) is 18.1. The lowest BCUT2D eigenvalue weighted by molar-refractivity contribution is -0.146. The minimum atomic E-state index is -0.668. The Kier molecular flexibility index (Phi) is 10.2. The molecule has 0 saturated heterocycles. The van der Waals surface area contributed by atoms with Crippen molar-refractivity contribution in [2.45, 2.75) is 130 Å². The number of rotatable bonds is 16. The van der Waals surface area contributed by atoms with E-state index in [1.807, 2.05) is 6.92 Å². The molecule has 0 heterocycles. The van der Waals surface area contributed by atoms with E-state index in [4.69, 9.17) is 4.74 Å². The molecule has 154 valence electrons. The molecular formula is C23H44O3. The molecule has 0 amide bonds. The number of carbonyl (C=O) groups is 1. The van der Waals surface area contributed by atoms with Gasteiger partial charge in [0.25, 0.3) is 0 Å². The Morgan fingerprint density at radius 2 is 1.50 bits per heavy atom. The third-order valence-corrected chi connectivity index (χ3v) is 6.45. The van der Waals surface area contributed by atoms with Gasteiger partial charge in [0.15, 0.2) is 0 Å². The van der Waals surface area contributed by atoms with Gasteiger partial charge < -0.3 is 9.84 Å². The Labute approximate surface area is 162 Å². The topological polar surface area (TPSA) is 46.5 Å². The van der Waals surface area contributed by atoms with Crippen molar-refractivity contribution in [3.63, 3.8) is 0 Å². The van der Waals surface area contributed by atoms with Gasteiger partial charge in [-0.25, -0.2) is 0 Å². The highest BCUT2D eigenvalue weighted by Gasteiger charge is 2.59. The first-order valence-corrected chi connectivity index (χ1v) is 11.2. The van der Waals surface area contributed by atoms with Gasteiger partial charge in [0.2, 0.25) is 0 Å². The van der Waals surface area contributed by atoms with Gasteiger partial charge in [-0.2, -0.15) is 0 Å². The van der Waals surface area contributed by atoms with Crippen LogP contribution in [0.4, 0.5) is 0 Å². The van der Waals surface area contributed by atoms with E-state index < -0.39 is 11.4 Å². The second-order valence-electron chi connectivity index (χ2n) is 9.13. The molecule has 0 bridgehead atoms. The zero-order chi connectivity index (χ0) is 19.6. The van der Waals surface area contributed by atoms with E-state index in [2.05, 4.69) is 27.7 Å². The van der Waals surface area contributed by atoms with Gasteiger partial charge in [0.1, 0.15) is 0 Å². The second-order valence-corrected chi connectivity index (χ2v) is 9.13. The SMILES string of the molecule is CCCCCCCC(C)(CCCCCCC)OC(C)C1CC1(C)C(=O)O. The van der Waals surface area contributed by atoms with Crippen LogP contribution in [0.15, 0.2) is 0 Å². The first-order valence-electron chi connectivity index (χ1n) is 11.2. The molecule has 1 fully saturated rings. The quantitative estimate of drug-likeness (QED) is 0.299. The molecule has 3 heteroatoms. The van der Waals surface area contributed by atoms with Crippen molar-refractivity contribution in [2.75, 3.05) is 0 Å². The van der Waals surface area contributed by atoms with Crippen LogP contribution in [0.2, 0.25) is 0 Å². The number of hydrogen-bond acceptors (Lipinski definition) is 2. The first-order chi connectivity index (χ1) is 12.3. The zero-order valence-electron chi connectivity index (χ0n) is 18.1. The fourth-order valence-electron chi connectivity index (χ4n) is 4.31. The maximum Gasteiger partial charge on any atom is 0.309 e. The summed E-state index contributed by atoms with van der Waals surface area (Å²) in [5.74, 6) is -0.502. The molecule has 0 spiro atoms. The molecule has 3 nitrogen and oxygen atoms in total. The molecule has 1 rings (SSSR count). The Bertz CT molecular complexity index is 392. The fraction of sp³-hybridized carbons (Fsp3) is 0.957. The molecule has 26 heavy (non-hydrogen) atoms. The lowest BCUT2D eigenvalue weighted by atomic mass is 9.90. The summed E-state index contributed by atoms with van der Waals surface area (Å²) >= 11 is 0. The molecule has 1 aliphatic rings. The molecule has 1 N–H and O–H groups in total. The van der Waals surface area contributed by atoms with Gasteiger partial charge in [-0.3, -0.25) is 4.79 Å². The van der Waals surface area contributed by atoms with Crippen molar-refractivity contribution in [3.8, 4) is 0 Å².